The van der Waals surface area contributed by atoms with Crippen LogP contribution < -0.4 is 14.9 Å². The van der Waals surface area contributed by atoms with Crippen molar-refractivity contribution in [2.75, 3.05) is 16.2 Å². The largest absolute Gasteiger partial charge is 0.350 e. The predicted octanol–water partition coefficient (Wildman–Crippen LogP) is 4.59. The van der Waals surface area contributed by atoms with Crippen LogP contribution in [-0.2, 0) is 21.2 Å². The highest BCUT2D eigenvalue weighted by Gasteiger charge is 2.36. The summed E-state index contributed by atoms with van der Waals surface area (Å²) in [4.78, 5) is 26.0. The number of sulfonamides is 1. The normalized spacial score (nSPS) is 14.4. The summed E-state index contributed by atoms with van der Waals surface area (Å²) in [7, 11) is -3.96. The van der Waals surface area contributed by atoms with Crippen molar-refractivity contribution < 1.29 is 18.0 Å². The Bertz CT molecular complexity index is 1380. The highest BCUT2D eigenvalue weighted by atomic mass is 32.2. The van der Waals surface area contributed by atoms with Gasteiger partial charge in [-0.05, 0) is 55.7 Å². The van der Waals surface area contributed by atoms with Crippen molar-refractivity contribution in [1.82, 2.24) is 5.32 Å². The molecule has 2 N–H and O–H groups in total. The van der Waals surface area contributed by atoms with E-state index in [4.69, 9.17) is 0 Å². The first-order chi connectivity index (χ1) is 16.8. The Balaban J connectivity index is 1.66. The van der Waals surface area contributed by atoms with E-state index in [0.717, 1.165) is 28.3 Å². The third-order valence-corrected chi connectivity index (χ3v) is 8.02. The Hall–Kier alpha value is -3.65. The molecule has 35 heavy (non-hydrogen) atoms. The number of hydrogen-bond acceptors (Lipinski definition) is 4. The monoisotopic (exact) mass is 491 g/mol. The quantitative estimate of drug-likeness (QED) is 0.505. The van der Waals surface area contributed by atoms with Gasteiger partial charge in [-0.3, -0.25) is 13.9 Å². The first-order valence-electron chi connectivity index (χ1n) is 11.7. The predicted molar refractivity (Wildman–Crippen MR) is 138 cm³/mol. The van der Waals surface area contributed by atoms with Crippen LogP contribution in [0.5, 0.6) is 0 Å². The van der Waals surface area contributed by atoms with Gasteiger partial charge in [-0.25, -0.2) is 8.42 Å². The van der Waals surface area contributed by atoms with E-state index >= 15 is 0 Å². The summed E-state index contributed by atoms with van der Waals surface area (Å²) in [6.45, 7) is 5.49. The Kier molecular flexibility index (Phi) is 6.93. The van der Waals surface area contributed by atoms with Gasteiger partial charge in [-0.15, -0.1) is 0 Å². The van der Waals surface area contributed by atoms with Crippen molar-refractivity contribution in [2.45, 2.75) is 44.6 Å². The molecule has 0 unspecified atom stereocenters. The molecule has 182 valence electrons. The van der Waals surface area contributed by atoms with Crippen molar-refractivity contribution in [3.63, 3.8) is 0 Å². The first-order valence-corrected chi connectivity index (χ1v) is 13.1. The lowest BCUT2D eigenvalue weighted by Gasteiger charge is -2.32. The lowest BCUT2D eigenvalue weighted by Crippen LogP contribution is -2.40. The minimum absolute atomic E-state index is 0.0191. The number of nitrogens with zero attached hydrogens (tertiary/aromatic N) is 1. The fraction of sp³-hybridized carbons (Fsp3) is 0.259. The zero-order valence-corrected chi connectivity index (χ0v) is 20.9. The molecule has 0 saturated heterocycles. The Morgan fingerprint density at radius 2 is 1.66 bits per heavy atom. The number of benzene rings is 3. The molecule has 1 aliphatic rings. The van der Waals surface area contributed by atoms with Crippen LogP contribution in [0, 0.1) is 0 Å². The third-order valence-electron chi connectivity index (χ3n) is 6.21. The van der Waals surface area contributed by atoms with Crippen LogP contribution in [0.4, 0.5) is 11.4 Å². The van der Waals surface area contributed by atoms with Gasteiger partial charge in [0.2, 0.25) is 5.91 Å². The molecule has 0 fully saturated rings. The Morgan fingerprint density at radius 1 is 0.943 bits per heavy atom. The molecule has 0 radical (unpaired) electrons. The maximum absolute atomic E-state index is 13.5. The number of carbonyl (C=O) groups is 2. The first kappa shape index (κ1) is 24.5. The smallest absolute Gasteiger partial charge is 0.265 e. The van der Waals surface area contributed by atoms with Crippen LogP contribution in [0.1, 0.15) is 43.1 Å². The van der Waals surface area contributed by atoms with Gasteiger partial charge in [0.15, 0.2) is 0 Å². The maximum Gasteiger partial charge on any atom is 0.265 e. The van der Waals surface area contributed by atoms with Crippen molar-refractivity contribution in [3.8, 4) is 11.1 Å². The lowest BCUT2D eigenvalue weighted by atomic mass is 9.99. The second kappa shape index (κ2) is 9.92. The zero-order valence-electron chi connectivity index (χ0n) is 20.0. The van der Waals surface area contributed by atoms with Gasteiger partial charge in [-0.2, -0.15) is 0 Å². The van der Waals surface area contributed by atoms with Crippen molar-refractivity contribution in [3.05, 3.63) is 77.9 Å². The molecule has 8 heteroatoms. The average molecular weight is 492 g/mol. The average Bonchev–Trinajstić information content (AvgIpc) is 2.86. The minimum Gasteiger partial charge on any atom is -0.350 e. The molecule has 0 saturated carbocycles. The van der Waals surface area contributed by atoms with Gasteiger partial charge >= 0.3 is 0 Å². The summed E-state index contributed by atoms with van der Waals surface area (Å²) >= 11 is 0. The van der Waals surface area contributed by atoms with Crippen molar-refractivity contribution in [2.24, 2.45) is 0 Å². The summed E-state index contributed by atoms with van der Waals surface area (Å²) in [5.74, 6) is -0.838. The number of para-hydroxylation sites is 1. The molecule has 1 aliphatic heterocycles. The van der Waals surface area contributed by atoms with Crippen LogP contribution in [0.25, 0.3) is 11.1 Å². The fourth-order valence-corrected chi connectivity index (χ4v) is 5.73. The fourth-order valence-electron chi connectivity index (χ4n) is 4.08. The summed E-state index contributed by atoms with van der Waals surface area (Å²) in [5, 5.41) is 5.63. The van der Waals surface area contributed by atoms with E-state index < -0.39 is 22.5 Å². The molecule has 7 nitrogen and oxygen atoms in total. The van der Waals surface area contributed by atoms with Crippen LogP contribution in [0.3, 0.4) is 0 Å². The van der Waals surface area contributed by atoms with Gasteiger partial charge in [-0.1, -0.05) is 50.2 Å². The molecular formula is C27H29N3O4S. The summed E-state index contributed by atoms with van der Waals surface area (Å²) in [6.07, 6.45) is 1.58. The van der Waals surface area contributed by atoms with Crippen LogP contribution in [0.15, 0.2) is 71.6 Å². The zero-order chi connectivity index (χ0) is 25.2. The molecule has 0 aliphatic carbocycles. The number of carbonyl (C=O) groups excluding carboxylic acids is 2. The molecule has 0 bridgehead atoms. The van der Waals surface area contributed by atoms with Crippen LogP contribution in [0.2, 0.25) is 0 Å². The van der Waals surface area contributed by atoms with Crippen LogP contribution in [-0.4, -0.2) is 32.8 Å². The number of rotatable bonds is 7. The van der Waals surface area contributed by atoms with E-state index in [0.29, 0.717) is 22.5 Å². The van der Waals surface area contributed by atoms with E-state index in [9.17, 15) is 18.0 Å². The molecule has 3 aromatic rings. The Labute approximate surface area is 206 Å². The molecule has 3 aromatic carbocycles. The van der Waals surface area contributed by atoms with Crippen LogP contribution >= 0.6 is 0 Å². The van der Waals surface area contributed by atoms with Gasteiger partial charge in [0.05, 0.1) is 21.8 Å². The second-order valence-electron chi connectivity index (χ2n) is 8.59. The lowest BCUT2D eigenvalue weighted by molar-refractivity contribution is -0.114. The maximum atomic E-state index is 13.5. The molecule has 1 heterocycles. The van der Waals surface area contributed by atoms with E-state index in [1.165, 1.54) is 0 Å². The molecule has 0 spiro atoms. The number of amides is 2. The number of anilines is 2. The van der Waals surface area contributed by atoms with Gasteiger partial charge in [0.25, 0.3) is 15.9 Å². The van der Waals surface area contributed by atoms with Gasteiger partial charge in [0.1, 0.15) is 6.54 Å². The van der Waals surface area contributed by atoms with Crippen molar-refractivity contribution in [1.29, 1.82) is 0 Å². The Morgan fingerprint density at radius 3 is 2.40 bits per heavy atom. The van der Waals surface area contributed by atoms with E-state index in [1.54, 1.807) is 54.6 Å². The highest BCUT2D eigenvalue weighted by Crippen LogP contribution is 2.43. The minimum atomic E-state index is -3.96. The molecule has 1 atom stereocenters. The number of fused-ring (bicyclic) bond motifs is 3. The SMILES string of the molecule is CCc1ccc2c(c1)-c1ccccc1S(=O)(=O)N2CC(=O)Nc1ccccc1C(=O)N[C@H](C)CC. The summed E-state index contributed by atoms with van der Waals surface area (Å²) < 4.78 is 28.2. The topological polar surface area (TPSA) is 95.6 Å². The highest BCUT2D eigenvalue weighted by molar-refractivity contribution is 7.93. The molecule has 4 rings (SSSR count). The summed E-state index contributed by atoms with van der Waals surface area (Å²) in [5.41, 5.74) is 3.58. The number of nitrogens with one attached hydrogen (secondary N) is 2. The third kappa shape index (κ3) is 4.79. The van der Waals surface area contributed by atoms with E-state index in [2.05, 4.69) is 10.6 Å². The van der Waals surface area contributed by atoms with Crippen molar-refractivity contribution >= 4 is 33.2 Å². The second-order valence-corrected chi connectivity index (χ2v) is 10.4. The van der Waals surface area contributed by atoms with E-state index in [1.807, 2.05) is 32.9 Å². The summed E-state index contributed by atoms with van der Waals surface area (Å²) in [6, 6.07) is 19.1. The van der Waals surface area contributed by atoms with E-state index in [-0.39, 0.29) is 16.8 Å². The molecule has 2 amide bonds. The molecule has 0 aromatic heterocycles. The molecular weight excluding hydrogens is 462 g/mol. The number of hydrogen-bond donors (Lipinski definition) is 2. The van der Waals surface area contributed by atoms with Gasteiger partial charge < -0.3 is 10.6 Å². The standard InChI is InChI=1S/C27H29N3O4S/c1-4-18(3)28-27(32)21-11-6-8-12-23(21)29-26(31)17-30-24-15-14-19(5-2)16-22(24)20-10-7-9-13-25(20)35(30,33)34/h6-16,18H,4-5,17H2,1-3H3,(H,28,32)(H,29,31)/t18-/m1/s1. The number of aryl methyl sites for hydroxylation is 1. The van der Waals surface area contributed by atoms with Gasteiger partial charge in [0, 0.05) is 17.2 Å².